The maximum absolute atomic E-state index is 7.50. The van der Waals surface area contributed by atoms with E-state index in [0.717, 1.165) is 24.3 Å². The van der Waals surface area contributed by atoms with Gasteiger partial charge in [0, 0.05) is 33.7 Å². The van der Waals surface area contributed by atoms with Crippen LogP contribution < -0.4 is 26.4 Å². The van der Waals surface area contributed by atoms with Crippen molar-refractivity contribution < 1.29 is 4.42 Å². The molecule has 0 fully saturated rings. The van der Waals surface area contributed by atoms with Gasteiger partial charge in [-0.1, -0.05) is 112 Å². The molecule has 5 aromatic rings. The van der Waals surface area contributed by atoms with Crippen LogP contribution in [-0.4, -0.2) is 6.71 Å². The lowest BCUT2D eigenvalue weighted by atomic mass is 9.35. The van der Waals surface area contributed by atoms with Gasteiger partial charge in [-0.3, -0.25) is 0 Å². The molecule has 4 heteroatoms. The molecule has 0 unspecified atom stereocenters. The van der Waals surface area contributed by atoms with Gasteiger partial charge in [-0.25, -0.2) is 0 Å². The van der Waals surface area contributed by atoms with Gasteiger partial charge >= 0.3 is 0 Å². The molecular formula is C47H55BN2O. The van der Waals surface area contributed by atoms with Crippen LogP contribution in [0.2, 0.25) is 0 Å². The fraction of sp³-hybridized carbons (Fsp3) is 0.404. The molecule has 0 amide bonds. The van der Waals surface area contributed by atoms with Crippen LogP contribution in [0, 0.1) is 20.8 Å². The van der Waals surface area contributed by atoms with E-state index in [0.29, 0.717) is 0 Å². The summed E-state index contributed by atoms with van der Waals surface area (Å²) in [6.07, 6.45) is 2.23. The number of hydrogen-bond donors (Lipinski definition) is 0. The van der Waals surface area contributed by atoms with Crippen LogP contribution in [0.5, 0.6) is 0 Å². The lowest BCUT2D eigenvalue weighted by Crippen LogP contribution is -2.61. The summed E-state index contributed by atoms with van der Waals surface area (Å²) in [7, 11) is 0. The van der Waals surface area contributed by atoms with Gasteiger partial charge in [0.15, 0.2) is 0 Å². The number of rotatable bonds is 2. The molecule has 51 heavy (non-hydrogen) atoms. The van der Waals surface area contributed by atoms with Crippen LogP contribution in [0.25, 0.3) is 0 Å². The zero-order valence-electron chi connectivity index (χ0n) is 33.2. The normalized spacial score (nSPS) is 17.2. The second kappa shape index (κ2) is 10.9. The van der Waals surface area contributed by atoms with Gasteiger partial charge < -0.3 is 14.2 Å². The summed E-state index contributed by atoms with van der Waals surface area (Å²) in [6, 6.07) is 28.2. The smallest absolute Gasteiger partial charge is 0.297 e. The first-order valence-electron chi connectivity index (χ1n) is 19.0. The molecule has 1 aliphatic carbocycles. The third-order valence-electron chi connectivity index (χ3n) is 12.2. The third kappa shape index (κ3) is 5.06. The lowest BCUT2D eigenvalue weighted by Gasteiger charge is -2.45. The van der Waals surface area contributed by atoms with Crippen molar-refractivity contribution in [3.63, 3.8) is 0 Å². The largest absolute Gasteiger partial charge is 0.472 e. The van der Waals surface area contributed by atoms with Gasteiger partial charge in [0.05, 0.1) is 17.0 Å². The molecule has 0 saturated heterocycles. The molecule has 0 spiro atoms. The van der Waals surface area contributed by atoms with Gasteiger partial charge in [-0.2, -0.15) is 0 Å². The molecule has 3 aliphatic rings. The van der Waals surface area contributed by atoms with Gasteiger partial charge in [-0.15, -0.1) is 0 Å². The van der Waals surface area contributed by atoms with E-state index in [2.05, 4.69) is 173 Å². The quantitative estimate of drug-likeness (QED) is 0.170. The summed E-state index contributed by atoms with van der Waals surface area (Å²) < 4.78 is 7.50. The monoisotopic (exact) mass is 674 g/mol. The van der Waals surface area contributed by atoms with Crippen LogP contribution in [0.4, 0.5) is 34.1 Å². The molecule has 0 saturated carbocycles. The van der Waals surface area contributed by atoms with Crippen LogP contribution in [0.3, 0.4) is 0 Å². The van der Waals surface area contributed by atoms with Crippen LogP contribution in [0.1, 0.15) is 121 Å². The summed E-state index contributed by atoms with van der Waals surface area (Å²) in [5.41, 5.74) is 19.1. The summed E-state index contributed by atoms with van der Waals surface area (Å²) in [6.45, 7) is 30.3. The second-order valence-corrected chi connectivity index (χ2v) is 19.2. The fourth-order valence-corrected chi connectivity index (χ4v) is 9.16. The maximum Gasteiger partial charge on any atom is 0.297 e. The van der Waals surface area contributed by atoms with Crippen molar-refractivity contribution in [3.05, 3.63) is 112 Å². The van der Waals surface area contributed by atoms with Gasteiger partial charge in [0.2, 0.25) is 0 Å². The molecule has 0 bridgehead atoms. The molecule has 4 aromatic carbocycles. The standard InChI is InChI=1S/C47H55BN2O/c1-28-25-36-39-37(26-28)50(40-29(2)15-14-16-30(40)3)35-22-19-32(45(7,8)9)27-34(35)48(39)43-41(38-42(51-43)47(12,13)24-23-46(38,10)11)49(36)33-20-17-31(18-21-33)44(4,5)6/h14-22,25-27H,23-24H2,1-13H3. The third-order valence-corrected chi connectivity index (χ3v) is 12.2. The average molecular weight is 675 g/mol. The molecule has 1 aromatic heterocycles. The Hall–Kier alpha value is -4.18. The lowest BCUT2D eigenvalue weighted by molar-refractivity contribution is 0.282. The average Bonchev–Trinajstić information content (AvgIpc) is 3.46. The van der Waals surface area contributed by atoms with E-state index in [9.17, 15) is 0 Å². The molecule has 0 atom stereocenters. The minimum atomic E-state index is -0.0655. The molecule has 3 heterocycles. The second-order valence-electron chi connectivity index (χ2n) is 19.2. The van der Waals surface area contributed by atoms with Gasteiger partial charge in [0.1, 0.15) is 5.76 Å². The number of nitrogens with zero attached hydrogens (tertiary/aromatic N) is 2. The van der Waals surface area contributed by atoms with E-state index in [1.165, 1.54) is 78.4 Å². The molecule has 2 aliphatic heterocycles. The molecule has 0 N–H and O–H groups in total. The van der Waals surface area contributed by atoms with Gasteiger partial charge in [0.25, 0.3) is 6.71 Å². The van der Waals surface area contributed by atoms with E-state index in [1.807, 2.05) is 0 Å². The van der Waals surface area contributed by atoms with Gasteiger partial charge in [-0.05, 0) is 119 Å². The Morgan fingerprint density at radius 3 is 1.80 bits per heavy atom. The van der Waals surface area contributed by atoms with E-state index >= 15 is 0 Å². The number of fused-ring (bicyclic) bond motifs is 6. The minimum Gasteiger partial charge on any atom is -0.472 e. The van der Waals surface area contributed by atoms with E-state index in [-0.39, 0.29) is 28.4 Å². The Balaban J connectivity index is 1.53. The zero-order valence-corrected chi connectivity index (χ0v) is 33.2. The molecule has 0 radical (unpaired) electrons. The SMILES string of the molecule is Cc1cc2c3c(c1)N(c1c(C)cccc1C)c1ccc(C(C)(C)C)cc1B3c1oc3c(c1N2c1ccc(C(C)(C)C)cc1)C(C)(C)CCC3(C)C. The topological polar surface area (TPSA) is 19.6 Å². The molecule has 262 valence electrons. The van der Waals surface area contributed by atoms with Crippen molar-refractivity contribution in [2.24, 2.45) is 0 Å². The summed E-state index contributed by atoms with van der Waals surface area (Å²) in [5, 5.41) is 0. The number of anilines is 6. The first-order valence-corrected chi connectivity index (χ1v) is 19.0. The van der Waals surface area contributed by atoms with Crippen molar-refractivity contribution in [2.45, 2.75) is 125 Å². The Bertz CT molecular complexity index is 2200. The van der Waals surface area contributed by atoms with Crippen LogP contribution in [-0.2, 0) is 21.7 Å². The van der Waals surface area contributed by atoms with E-state index in [1.54, 1.807) is 0 Å². The molecule has 8 rings (SSSR count). The highest BCUT2D eigenvalue weighted by Gasteiger charge is 2.52. The van der Waals surface area contributed by atoms with Crippen LogP contribution in [0.15, 0.2) is 77.2 Å². The minimum absolute atomic E-state index is 0.000456. The molecular weight excluding hydrogens is 619 g/mol. The summed E-state index contributed by atoms with van der Waals surface area (Å²) in [5.74, 6) is 1.16. The van der Waals surface area contributed by atoms with Crippen molar-refractivity contribution in [1.82, 2.24) is 0 Å². The predicted octanol–water partition coefficient (Wildman–Crippen LogP) is 11.2. The van der Waals surface area contributed by atoms with E-state index in [4.69, 9.17) is 4.42 Å². The Labute approximate surface area is 307 Å². The van der Waals surface area contributed by atoms with Crippen molar-refractivity contribution in [1.29, 1.82) is 0 Å². The summed E-state index contributed by atoms with van der Waals surface area (Å²) in [4.78, 5) is 5.15. The Kier molecular flexibility index (Phi) is 7.27. The maximum atomic E-state index is 7.50. The van der Waals surface area contributed by atoms with E-state index < -0.39 is 0 Å². The van der Waals surface area contributed by atoms with Crippen molar-refractivity contribution in [3.8, 4) is 0 Å². The number of aryl methyl sites for hydroxylation is 3. The fourth-order valence-electron chi connectivity index (χ4n) is 9.16. The Morgan fingerprint density at radius 1 is 0.627 bits per heavy atom. The zero-order chi connectivity index (χ0) is 36.6. The number of hydrogen-bond acceptors (Lipinski definition) is 3. The highest BCUT2D eigenvalue weighted by atomic mass is 16.3. The molecule has 3 nitrogen and oxygen atoms in total. The number of furan rings is 1. The van der Waals surface area contributed by atoms with Crippen LogP contribution >= 0.6 is 0 Å². The highest BCUT2D eigenvalue weighted by Crippen LogP contribution is 2.55. The van der Waals surface area contributed by atoms with Crippen molar-refractivity contribution >= 4 is 57.4 Å². The predicted molar refractivity (Wildman–Crippen MR) is 220 cm³/mol. The van der Waals surface area contributed by atoms with Crippen molar-refractivity contribution in [2.75, 3.05) is 9.80 Å². The number of benzene rings is 4. The summed E-state index contributed by atoms with van der Waals surface area (Å²) >= 11 is 0. The Morgan fingerprint density at radius 2 is 1.20 bits per heavy atom. The number of para-hydroxylation sites is 1. The first kappa shape index (κ1) is 33.9. The first-order chi connectivity index (χ1) is 23.8. The highest BCUT2D eigenvalue weighted by molar-refractivity contribution is 6.99.